The van der Waals surface area contributed by atoms with Crippen molar-refractivity contribution in [2.45, 2.75) is 26.8 Å². The number of ether oxygens (including phenoxy) is 4. The van der Waals surface area contributed by atoms with Gasteiger partial charge in [0.15, 0.2) is 29.6 Å². The number of nitrogens with one attached hydrogen (secondary N) is 2. The van der Waals surface area contributed by atoms with Crippen LogP contribution in [-0.2, 0) is 17.8 Å². The minimum Gasteiger partial charge on any atom is -0.493 e. The smallest absolute Gasteiger partial charge is 0.262 e. The second-order valence-corrected chi connectivity index (χ2v) is 9.01. The lowest BCUT2D eigenvalue weighted by Gasteiger charge is -2.16. The van der Waals surface area contributed by atoms with E-state index in [1.54, 1.807) is 14.2 Å². The van der Waals surface area contributed by atoms with Crippen molar-refractivity contribution in [3.8, 4) is 23.0 Å². The molecular weight excluding hydrogens is 524 g/mol. The van der Waals surface area contributed by atoms with Crippen LogP contribution in [0.25, 0.3) is 0 Å². The molecule has 0 aromatic heterocycles. The first-order chi connectivity index (χ1) is 17.4. The third-order valence-corrected chi connectivity index (χ3v) is 6.01. The van der Waals surface area contributed by atoms with E-state index in [2.05, 4.69) is 26.6 Å². The Morgan fingerprint density at radius 1 is 0.889 bits per heavy atom. The summed E-state index contributed by atoms with van der Waals surface area (Å²) in [6.45, 7) is 5.70. The van der Waals surface area contributed by atoms with Crippen LogP contribution in [0, 0.1) is 6.92 Å². The number of aryl methyl sites for hydroxylation is 1. The van der Waals surface area contributed by atoms with Gasteiger partial charge in [-0.05, 0) is 90.3 Å². The van der Waals surface area contributed by atoms with Crippen molar-refractivity contribution in [1.82, 2.24) is 5.32 Å². The van der Waals surface area contributed by atoms with E-state index >= 15 is 0 Å². The predicted molar refractivity (Wildman–Crippen MR) is 146 cm³/mol. The highest BCUT2D eigenvalue weighted by atomic mass is 79.9. The Kier molecular flexibility index (Phi) is 10.5. The number of amides is 1. The molecule has 3 aromatic carbocycles. The molecule has 0 spiro atoms. The van der Waals surface area contributed by atoms with Gasteiger partial charge in [-0.1, -0.05) is 23.8 Å². The third-order valence-electron chi connectivity index (χ3n) is 5.42. The molecule has 8 heteroatoms. The summed E-state index contributed by atoms with van der Waals surface area (Å²) in [7, 11) is 3.27. The molecule has 0 aliphatic carbocycles. The van der Waals surface area contributed by atoms with Gasteiger partial charge >= 0.3 is 0 Å². The SMILES string of the molecule is CCOc1cc(CNCCc2ccc(OC)c(OC)c2)cc(Br)c1OCC(=O)Nc1ccc(C)cc1. The molecular formula is C28H33BrN2O5. The van der Waals surface area contributed by atoms with E-state index in [1.807, 2.05) is 68.4 Å². The maximum atomic E-state index is 12.4. The number of rotatable bonds is 13. The van der Waals surface area contributed by atoms with Crippen molar-refractivity contribution < 1.29 is 23.7 Å². The van der Waals surface area contributed by atoms with Crippen molar-refractivity contribution in [2.24, 2.45) is 0 Å². The summed E-state index contributed by atoms with van der Waals surface area (Å²) in [6.07, 6.45) is 0.844. The molecule has 0 aliphatic heterocycles. The maximum absolute atomic E-state index is 12.4. The fourth-order valence-corrected chi connectivity index (χ4v) is 4.20. The molecule has 0 unspecified atom stereocenters. The molecule has 0 atom stereocenters. The average molecular weight is 557 g/mol. The van der Waals surface area contributed by atoms with E-state index in [9.17, 15) is 4.79 Å². The fraction of sp³-hybridized carbons (Fsp3) is 0.321. The molecule has 2 N–H and O–H groups in total. The summed E-state index contributed by atoms with van der Waals surface area (Å²) in [4.78, 5) is 12.4. The second-order valence-electron chi connectivity index (χ2n) is 8.16. The van der Waals surface area contributed by atoms with E-state index in [1.165, 1.54) is 0 Å². The van der Waals surface area contributed by atoms with Crippen LogP contribution in [0.3, 0.4) is 0 Å². The zero-order valence-corrected chi connectivity index (χ0v) is 22.7. The quantitative estimate of drug-likeness (QED) is 0.270. The van der Waals surface area contributed by atoms with Crippen LogP contribution in [0.5, 0.6) is 23.0 Å². The van der Waals surface area contributed by atoms with Gasteiger partial charge in [0.1, 0.15) is 0 Å². The fourth-order valence-electron chi connectivity index (χ4n) is 3.60. The van der Waals surface area contributed by atoms with Crippen molar-refractivity contribution in [2.75, 3.05) is 39.3 Å². The molecule has 0 aliphatic rings. The second kappa shape index (κ2) is 13.8. The summed E-state index contributed by atoms with van der Waals surface area (Å²) < 4.78 is 23.0. The monoisotopic (exact) mass is 556 g/mol. The number of hydrogen-bond donors (Lipinski definition) is 2. The summed E-state index contributed by atoms with van der Waals surface area (Å²) in [5, 5.41) is 6.30. The largest absolute Gasteiger partial charge is 0.493 e. The molecule has 192 valence electrons. The normalized spacial score (nSPS) is 10.6. The Bertz CT molecular complexity index is 1150. The Morgan fingerprint density at radius 3 is 2.31 bits per heavy atom. The molecule has 0 heterocycles. The standard InChI is InChI=1S/C28H33BrN2O5/c1-5-35-26-16-21(17-30-13-12-20-8-11-24(33-3)25(15-20)34-4)14-23(29)28(26)36-18-27(32)31-22-9-6-19(2)7-10-22/h6-11,14-16,30H,5,12-13,17-18H2,1-4H3,(H,31,32). The minimum atomic E-state index is -0.242. The number of benzene rings is 3. The summed E-state index contributed by atoms with van der Waals surface area (Å²) in [6, 6.07) is 17.5. The molecule has 7 nitrogen and oxygen atoms in total. The number of methoxy groups -OCH3 is 2. The van der Waals surface area contributed by atoms with Gasteiger partial charge in [0.25, 0.3) is 5.91 Å². The maximum Gasteiger partial charge on any atom is 0.262 e. The van der Waals surface area contributed by atoms with Gasteiger partial charge < -0.3 is 29.6 Å². The van der Waals surface area contributed by atoms with E-state index in [0.29, 0.717) is 24.7 Å². The Hall–Kier alpha value is -3.23. The number of carbonyl (C=O) groups is 1. The van der Waals surface area contributed by atoms with E-state index < -0.39 is 0 Å². The third kappa shape index (κ3) is 7.90. The van der Waals surface area contributed by atoms with Gasteiger partial charge in [-0.25, -0.2) is 0 Å². The summed E-state index contributed by atoms with van der Waals surface area (Å²) in [5.41, 5.74) is 4.05. The highest BCUT2D eigenvalue weighted by Crippen LogP contribution is 2.37. The van der Waals surface area contributed by atoms with Crippen molar-refractivity contribution in [3.05, 3.63) is 75.8 Å². The van der Waals surface area contributed by atoms with Crippen LogP contribution >= 0.6 is 15.9 Å². The molecule has 1 amide bonds. The van der Waals surface area contributed by atoms with E-state index in [0.717, 1.165) is 51.3 Å². The van der Waals surface area contributed by atoms with E-state index in [-0.39, 0.29) is 12.5 Å². The molecule has 0 radical (unpaired) electrons. The summed E-state index contributed by atoms with van der Waals surface area (Å²) in [5.74, 6) is 2.30. The van der Waals surface area contributed by atoms with Crippen molar-refractivity contribution in [1.29, 1.82) is 0 Å². The predicted octanol–water partition coefficient (Wildman–Crippen LogP) is 5.52. The number of halogens is 1. The first-order valence-corrected chi connectivity index (χ1v) is 12.6. The molecule has 3 rings (SSSR count). The van der Waals surface area contributed by atoms with Gasteiger partial charge in [0, 0.05) is 12.2 Å². The average Bonchev–Trinajstić information content (AvgIpc) is 2.87. The van der Waals surface area contributed by atoms with Crippen molar-refractivity contribution >= 4 is 27.5 Å². The van der Waals surface area contributed by atoms with Crippen LogP contribution in [0.2, 0.25) is 0 Å². The molecule has 3 aromatic rings. The van der Waals surface area contributed by atoms with Gasteiger partial charge in [-0.3, -0.25) is 4.79 Å². The molecule has 36 heavy (non-hydrogen) atoms. The molecule has 0 fully saturated rings. The van der Waals surface area contributed by atoms with Crippen molar-refractivity contribution in [3.63, 3.8) is 0 Å². The highest BCUT2D eigenvalue weighted by molar-refractivity contribution is 9.10. The van der Waals surface area contributed by atoms with Crippen LogP contribution in [0.4, 0.5) is 5.69 Å². The summed E-state index contributed by atoms with van der Waals surface area (Å²) >= 11 is 3.58. The number of carbonyl (C=O) groups excluding carboxylic acids is 1. The zero-order valence-electron chi connectivity index (χ0n) is 21.2. The van der Waals surface area contributed by atoms with Gasteiger partial charge in [-0.15, -0.1) is 0 Å². The first-order valence-electron chi connectivity index (χ1n) is 11.8. The van der Waals surface area contributed by atoms with Gasteiger partial charge in [0.05, 0.1) is 25.3 Å². The Balaban J connectivity index is 1.56. The van der Waals surface area contributed by atoms with Gasteiger partial charge in [-0.2, -0.15) is 0 Å². The van der Waals surface area contributed by atoms with Gasteiger partial charge in [0.2, 0.25) is 0 Å². The highest BCUT2D eigenvalue weighted by Gasteiger charge is 2.14. The van der Waals surface area contributed by atoms with Crippen LogP contribution in [0.15, 0.2) is 59.1 Å². The number of anilines is 1. The Labute approximate surface area is 221 Å². The molecule has 0 saturated heterocycles. The number of hydrogen-bond acceptors (Lipinski definition) is 6. The topological polar surface area (TPSA) is 78.1 Å². The van der Waals surface area contributed by atoms with Crippen LogP contribution in [-0.4, -0.2) is 39.9 Å². The van der Waals surface area contributed by atoms with Crippen LogP contribution < -0.4 is 29.6 Å². The zero-order chi connectivity index (χ0) is 25.9. The lowest BCUT2D eigenvalue weighted by Crippen LogP contribution is -2.20. The van der Waals surface area contributed by atoms with Crippen LogP contribution in [0.1, 0.15) is 23.6 Å². The first kappa shape index (κ1) is 27.4. The lowest BCUT2D eigenvalue weighted by atomic mass is 10.1. The Morgan fingerprint density at radius 2 is 1.61 bits per heavy atom. The molecule has 0 bridgehead atoms. The molecule has 0 saturated carbocycles. The lowest BCUT2D eigenvalue weighted by molar-refractivity contribution is -0.118. The van der Waals surface area contributed by atoms with E-state index in [4.69, 9.17) is 18.9 Å². The minimum absolute atomic E-state index is 0.129.